The van der Waals surface area contributed by atoms with E-state index in [0.717, 1.165) is 5.69 Å². The van der Waals surface area contributed by atoms with Crippen molar-refractivity contribution < 1.29 is 9.53 Å². The van der Waals surface area contributed by atoms with Gasteiger partial charge in [0, 0.05) is 6.07 Å². The fourth-order valence-corrected chi connectivity index (χ4v) is 1.36. The molecule has 0 saturated carbocycles. The van der Waals surface area contributed by atoms with Crippen molar-refractivity contribution in [3.8, 4) is 0 Å². The summed E-state index contributed by atoms with van der Waals surface area (Å²) in [5, 5.41) is 4.27. The Balaban J connectivity index is 2.72. The maximum absolute atomic E-state index is 11.6. The van der Waals surface area contributed by atoms with Crippen LogP contribution in [0.5, 0.6) is 0 Å². The predicted molar refractivity (Wildman–Crippen MR) is 66.6 cm³/mol. The number of nitrogens with zero attached hydrogens (tertiary/aromatic N) is 2. The predicted octanol–water partition coefficient (Wildman–Crippen LogP) is 1.93. The van der Waals surface area contributed by atoms with Crippen molar-refractivity contribution >= 4 is 11.8 Å². The molecule has 0 fully saturated rings. The van der Waals surface area contributed by atoms with Crippen LogP contribution < -0.4 is 5.73 Å². The van der Waals surface area contributed by atoms with E-state index < -0.39 is 5.60 Å². The molecular weight excluding hydrogens is 218 g/mol. The Kier molecular flexibility index (Phi) is 3.80. The van der Waals surface area contributed by atoms with Gasteiger partial charge in [-0.3, -0.25) is 4.79 Å². The summed E-state index contributed by atoms with van der Waals surface area (Å²) in [7, 11) is 0. The lowest BCUT2D eigenvalue weighted by Crippen LogP contribution is -2.27. The van der Waals surface area contributed by atoms with Crippen LogP contribution in [-0.2, 0) is 16.1 Å². The van der Waals surface area contributed by atoms with E-state index in [4.69, 9.17) is 10.5 Å². The van der Waals surface area contributed by atoms with Crippen molar-refractivity contribution in [2.24, 2.45) is 0 Å². The van der Waals surface area contributed by atoms with Crippen molar-refractivity contribution in [1.82, 2.24) is 9.78 Å². The molecule has 0 spiro atoms. The molecule has 1 rings (SSSR count). The third-order valence-corrected chi connectivity index (χ3v) is 2.12. The van der Waals surface area contributed by atoms with Crippen molar-refractivity contribution in [2.75, 3.05) is 5.73 Å². The van der Waals surface area contributed by atoms with E-state index in [1.54, 1.807) is 6.07 Å². The highest BCUT2D eigenvalue weighted by Gasteiger charge is 2.18. The van der Waals surface area contributed by atoms with E-state index in [1.165, 1.54) is 4.68 Å². The van der Waals surface area contributed by atoms with Crippen LogP contribution >= 0.6 is 0 Å². The molecule has 0 atom stereocenters. The molecule has 5 nitrogen and oxygen atoms in total. The third kappa shape index (κ3) is 4.09. The molecule has 1 heterocycles. The van der Waals surface area contributed by atoms with Gasteiger partial charge in [0.1, 0.15) is 18.0 Å². The second kappa shape index (κ2) is 4.77. The lowest BCUT2D eigenvalue weighted by atomic mass is 10.1. The van der Waals surface area contributed by atoms with Crippen LogP contribution in [0.25, 0.3) is 0 Å². The molecule has 0 aliphatic rings. The molecule has 0 amide bonds. The Morgan fingerprint density at radius 3 is 2.53 bits per heavy atom. The minimum atomic E-state index is -0.486. The highest BCUT2D eigenvalue weighted by Crippen LogP contribution is 2.16. The molecule has 0 aliphatic carbocycles. The van der Waals surface area contributed by atoms with Crippen LogP contribution in [0.1, 0.15) is 46.2 Å². The summed E-state index contributed by atoms with van der Waals surface area (Å²) >= 11 is 0. The van der Waals surface area contributed by atoms with Gasteiger partial charge in [0.15, 0.2) is 0 Å². The zero-order valence-electron chi connectivity index (χ0n) is 11.2. The van der Waals surface area contributed by atoms with E-state index in [1.807, 2.05) is 34.6 Å². The lowest BCUT2D eigenvalue weighted by Gasteiger charge is -2.19. The fraction of sp³-hybridized carbons (Fsp3) is 0.667. The van der Waals surface area contributed by atoms with Gasteiger partial charge in [0.2, 0.25) is 0 Å². The molecule has 0 bridgehead atoms. The van der Waals surface area contributed by atoms with E-state index in [2.05, 4.69) is 5.10 Å². The monoisotopic (exact) mass is 239 g/mol. The van der Waals surface area contributed by atoms with Gasteiger partial charge < -0.3 is 10.5 Å². The summed E-state index contributed by atoms with van der Waals surface area (Å²) in [6.07, 6.45) is 0. The number of rotatable bonds is 3. The van der Waals surface area contributed by atoms with Crippen molar-refractivity contribution in [3.05, 3.63) is 11.8 Å². The van der Waals surface area contributed by atoms with Crippen molar-refractivity contribution in [3.63, 3.8) is 0 Å². The van der Waals surface area contributed by atoms with Crippen LogP contribution in [-0.4, -0.2) is 21.4 Å². The van der Waals surface area contributed by atoms with Gasteiger partial charge in [-0.05, 0) is 26.7 Å². The first-order chi connectivity index (χ1) is 7.69. The van der Waals surface area contributed by atoms with Crippen LogP contribution in [0, 0.1) is 0 Å². The van der Waals surface area contributed by atoms with E-state index >= 15 is 0 Å². The first-order valence-electron chi connectivity index (χ1n) is 5.74. The number of hydrogen-bond acceptors (Lipinski definition) is 4. The SMILES string of the molecule is CC(C)c1cc(N)n(CC(=O)OC(C)(C)C)n1. The number of hydrogen-bond donors (Lipinski definition) is 1. The molecule has 5 heteroatoms. The Bertz CT molecular complexity index is 402. The van der Waals surface area contributed by atoms with Crippen LogP contribution in [0.3, 0.4) is 0 Å². The van der Waals surface area contributed by atoms with E-state index in [-0.39, 0.29) is 18.4 Å². The third-order valence-electron chi connectivity index (χ3n) is 2.12. The molecule has 17 heavy (non-hydrogen) atoms. The Hall–Kier alpha value is -1.52. The van der Waals surface area contributed by atoms with Gasteiger partial charge in [0.05, 0.1) is 5.69 Å². The molecule has 0 aliphatic heterocycles. The summed E-state index contributed by atoms with van der Waals surface area (Å²) in [5.41, 5.74) is 6.18. The standard InChI is InChI=1S/C12H21N3O2/c1-8(2)9-6-10(13)15(14-9)7-11(16)17-12(3,4)5/h6,8H,7,13H2,1-5H3. The second-order valence-electron chi connectivity index (χ2n) is 5.39. The molecule has 96 valence electrons. The topological polar surface area (TPSA) is 70.1 Å². The summed E-state index contributed by atoms with van der Waals surface area (Å²) in [4.78, 5) is 11.6. The molecule has 0 saturated heterocycles. The van der Waals surface area contributed by atoms with Crippen LogP contribution in [0.2, 0.25) is 0 Å². The van der Waals surface area contributed by atoms with Gasteiger partial charge in [-0.25, -0.2) is 4.68 Å². The number of carbonyl (C=O) groups excluding carboxylic acids is 1. The maximum atomic E-state index is 11.6. The molecule has 0 aromatic carbocycles. The van der Waals surface area contributed by atoms with E-state index in [0.29, 0.717) is 5.82 Å². The Morgan fingerprint density at radius 1 is 1.53 bits per heavy atom. The first-order valence-corrected chi connectivity index (χ1v) is 5.74. The largest absolute Gasteiger partial charge is 0.459 e. The Morgan fingerprint density at radius 2 is 2.12 bits per heavy atom. The van der Waals surface area contributed by atoms with Gasteiger partial charge >= 0.3 is 5.97 Å². The molecule has 0 radical (unpaired) electrons. The summed E-state index contributed by atoms with van der Waals surface area (Å²) in [6.45, 7) is 9.60. The number of aromatic nitrogens is 2. The zero-order valence-corrected chi connectivity index (χ0v) is 11.2. The lowest BCUT2D eigenvalue weighted by molar-refractivity contribution is -0.155. The van der Waals surface area contributed by atoms with Gasteiger partial charge in [-0.2, -0.15) is 5.10 Å². The average Bonchev–Trinajstić information content (AvgIpc) is 2.44. The number of nitrogens with two attached hydrogens (primary N) is 1. The molecule has 1 aromatic heterocycles. The van der Waals surface area contributed by atoms with Crippen LogP contribution in [0.15, 0.2) is 6.07 Å². The van der Waals surface area contributed by atoms with Crippen LogP contribution in [0.4, 0.5) is 5.82 Å². The summed E-state index contributed by atoms with van der Waals surface area (Å²) in [6, 6.07) is 1.79. The molecule has 2 N–H and O–H groups in total. The minimum absolute atomic E-state index is 0.0514. The van der Waals surface area contributed by atoms with Gasteiger partial charge in [0.25, 0.3) is 0 Å². The Labute approximate surface area is 102 Å². The normalized spacial score (nSPS) is 11.9. The molecule has 1 aromatic rings. The van der Waals surface area contributed by atoms with Crippen molar-refractivity contribution in [2.45, 2.75) is 52.7 Å². The smallest absolute Gasteiger partial charge is 0.328 e. The van der Waals surface area contributed by atoms with Gasteiger partial charge in [-0.15, -0.1) is 0 Å². The minimum Gasteiger partial charge on any atom is -0.459 e. The number of esters is 1. The summed E-state index contributed by atoms with van der Waals surface area (Å²) < 4.78 is 6.69. The first kappa shape index (κ1) is 13.5. The zero-order chi connectivity index (χ0) is 13.2. The quantitative estimate of drug-likeness (QED) is 0.818. The number of anilines is 1. The average molecular weight is 239 g/mol. The number of ether oxygens (including phenoxy) is 1. The highest BCUT2D eigenvalue weighted by molar-refractivity contribution is 5.70. The highest BCUT2D eigenvalue weighted by atomic mass is 16.6. The molecule has 0 unspecified atom stereocenters. The number of nitrogen functional groups attached to an aromatic ring is 1. The summed E-state index contributed by atoms with van der Waals surface area (Å²) in [5.74, 6) is 0.444. The van der Waals surface area contributed by atoms with Gasteiger partial charge in [-0.1, -0.05) is 13.8 Å². The van der Waals surface area contributed by atoms with E-state index in [9.17, 15) is 4.79 Å². The second-order valence-corrected chi connectivity index (χ2v) is 5.39. The number of carbonyl (C=O) groups is 1. The van der Waals surface area contributed by atoms with Crippen molar-refractivity contribution in [1.29, 1.82) is 0 Å². The molecular formula is C12H21N3O2. The maximum Gasteiger partial charge on any atom is 0.328 e. The fourth-order valence-electron chi connectivity index (χ4n) is 1.36.